The summed E-state index contributed by atoms with van der Waals surface area (Å²) < 4.78 is 0. The summed E-state index contributed by atoms with van der Waals surface area (Å²) >= 11 is 0. The van der Waals surface area contributed by atoms with Crippen molar-refractivity contribution >= 4 is 11.9 Å². The van der Waals surface area contributed by atoms with E-state index in [1.807, 2.05) is 0 Å². The second kappa shape index (κ2) is 8.55. The predicted octanol–water partition coefficient (Wildman–Crippen LogP) is 0.432. The van der Waals surface area contributed by atoms with E-state index in [0.717, 1.165) is 24.3 Å². The van der Waals surface area contributed by atoms with Crippen LogP contribution in [0.25, 0.3) is 0 Å². The summed E-state index contributed by atoms with van der Waals surface area (Å²) in [6.07, 6.45) is -3.38. The molecule has 2 aromatic rings. The fraction of sp³-hybridized carbons (Fsp3) is 0.125. The average molecular weight is 368 g/mol. The molecule has 2 aromatic carbocycles. The van der Waals surface area contributed by atoms with Gasteiger partial charge in [0, 0.05) is 0 Å². The molecule has 0 aromatic heterocycles. The van der Waals surface area contributed by atoms with Gasteiger partial charge in [-0.05, 0) is 35.4 Å². The number of hydrogen-bond donors (Lipinski definition) is 8. The minimum Gasteiger partial charge on any atom is -0.504 e. The van der Waals surface area contributed by atoms with Crippen molar-refractivity contribution in [2.24, 2.45) is 0 Å². The number of benzene rings is 2. The summed E-state index contributed by atoms with van der Waals surface area (Å²) in [5.74, 6) is -4.46. The molecule has 2 atom stereocenters. The van der Waals surface area contributed by atoms with Gasteiger partial charge in [-0.1, -0.05) is 12.1 Å². The van der Waals surface area contributed by atoms with Gasteiger partial charge in [-0.25, -0.2) is 9.59 Å². The molecule has 2 unspecified atom stereocenters. The number of rotatable bonds is 4. The first-order valence-electron chi connectivity index (χ1n) is 6.90. The number of phenolic OH excluding ortho intramolecular Hbond substituents is 4. The quantitative estimate of drug-likeness (QED) is 0.350. The van der Waals surface area contributed by atoms with Gasteiger partial charge in [0.05, 0.1) is 0 Å². The topological polar surface area (TPSA) is 196 Å². The molecule has 0 saturated heterocycles. The largest absolute Gasteiger partial charge is 0.504 e. The average Bonchev–Trinajstić information content (AvgIpc) is 2.58. The molecule has 0 fully saturated rings. The Morgan fingerprint density at radius 2 is 0.923 bits per heavy atom. The van der Waals surface area contributed by atoms with Gasteiger partial charge in [0.25, 0.3) is 0 Å². The minimum atomic E-state index is -1.69. The van der Waals surface area contributed by atoms with Crippen LogP contribution in [0.5, 0.6) is 23.0 Å². The smallest absolute Gasteiger partial charge is 0.337 e. The van der Waals surface area contributed by atoms with E-state index >= 15 is 0 Å². The van der Waals surface area contributed by atoms with Crippen molar-refractivity contribution in [3.63, 3.8) is 0 Å². The monoisotopic (exact) mass is 368 g/mol. The zero-order valence-electron chi connectivity index (χ0n) is 13.0. The molecule has 0 aliphatic carbocycles. The highest BCUT2D eigenvalue weighted by Crippen LogP contribution is 2.28. The Bertz CT molecular complexity index is 734. The molecule has 0 aliphatic rings. The zero-order valence-corrected chi connectivity index (χ0v) is 13.0. The molecule has 0 spiro atoms. The van der Waals surface area contributed by atoms with Gasteiger partial charge in [-0.3, -0.25) is 0 Å². The first-order valence-corrected chi connectivity index (χ1v) is 6.90. The van der Waals surface area contributed by atoms with Crippen LogP contribution in [0.1, 0.15) is 23.3 Å². The SMILES string of the molecule is O=C(O)C(O)c1ccc(O)c(O)c1.O=C(O)C(O)c1ccc(O)c(O)c1. The number of phenols is 4. The number of hydrogen-bond acceptors (Lipinski definition) is 8. The van der Waals surface area contributed by atoms with Crippen LogP contribution < -0.4 is 0 Å². The van der Waals surface area contributed by atoms with E-state index in [9.17, 15) is 9.59 Å². The van der Waals surface area contributed by atoms with Crippen LogP contribution in [0.2, 0.25) is 0 Å². The summed E-state index contributed by atoms with van der Waals surface area (Å²) in [5.41, 5.74) is 0.0330. The number of carboxylic acids is 2. The summed E-state index contributed by atoms with van der Waals surface area (Å²) in [7, 11) is 0. The first kappa shape index (κ1) is 20.5. The lowest BCUT2D eigenvalue weighted by Gasteiger charge is -2.06. The number of carbonyl (C=O) groups is 2. The molecule has 10 heteroatoms. The molecule has 10 nitrogen and oxygen atoms in total. The van der Waals surface area contributed by atoms with Gasteiger partial charge in [-0.2, -0.15) is 0 Å². The van der Waals surface area contributed by atoms with Crippen molar-refractivity contribution < 1.29 is 50.4 Å². The lowest BCUT2D eigenvalue weighted by molar-refractivity contribution is -0.147. The van der Waals surface area contributed by atoms with Gasteiger partial charge < -0.3 is 40.9 Å². The Morgan fingerprint density at radius 1 is 0.615 bits per heavy atom. The van der Waals surface area contributed by atoms with Crippen LogP contribution in [0.4, 0.5) is 0 Å². The molecule has 0 saturated carbocycles. The highest BCUT2D eigenvalue weighted by Gasteiger charge is 2.17. The molecular weight excluding hydrogens is 352 g/mol. The van der Waals surface area contributed by atoms with Crippen molar-refractivity contribution in [1.82, 2.24) is 0 Å². The van der Waals surface area contributed by atoms with Crippen molar-refractivity contribution in [1.29, 1.82) is 0 Å². The number of aliphatic carboxylic acids is 2. The second-order valence-corrected chi connectivity index (χ2v) is 4.98. The maximum Gasteiger partial charge on any atom is 0.337 e. The predicted molar refractivity (Wildman–Crippen MR) is 84.7 cm³/mol. The van der Waals surface area contributed by atoms with E-state index in [1.54, 1.807) is 0 Å². The molecule has 26 heavy (non-hydrogen) atoms. The molecule has 0 bridgehead atoms. The molecule has 2 rings (SSSR count). The van der Waals surface area contributed by atoms with E-state index < -0.39 is 35.6 Å². The number of aliphatic hydroxyl groups is 2. The maximum atomic E-state index is 10.3. The number of aromatic hydroxyl groups is 4. The molecule has 0 aliphatic heterocycles. The van der Waals surface area contributed by atoms with Crippen molar-refractivity contribution in [3.05, 3.63) is 47.5 Å². The summed E-state index contributed by atoms with van der Waals surface area (Å²) in [5, 5.41) is 70.6. The Labute approximate surface area is 146 Å². The van der Waals surface area contributed by atoms with Crippen LogP contribution in [0, 0.1) is 0 Å². The molecule has 0 amide bonds. The number of carboxylic acid groups (broad SMARTS) is 2. The normalized spacial score (nSPS) is 12.4. The third-order valence-corrected chi connectivity index (χ3v) is 3.10. The fourth-order valence-corrected chi connectivity index (χ4v) is 1.71. The molecule has 8 N–H and O–H groups in total. The van der Waals surface area contributed by atoms with Crippen molar-refractivity contribution in [2.75, 3.05) is 0 Å². The van der Waals surface area contributed by atoms with E-state index in [4.69, 9.17) is 40.9 Å². The van der Waals surface area contributed by atoms with E-state index in [2.05, 4.69) is 0 Å². The Morgan fingerprint density at radius 3 is 1.15 bits per heavy atom. The summed E-state index contributed by atoms with van der Waals surface area (Å²) in [4.78, 5) is 20.6. The summed E-state index contributed by atoms with van der Waals surface area (Å²) in [6.45, 7) is 0. The van der Waals surface area contributed by atoms with Gasteiger partial charge in [0.15, 0.2) is 35.2 Å². The molecule has 140 valence electrons. The fourth-order valence-electron chi connectivity index (χ4n) is 1.71. The van der Waals surface area contributed by atoms with Gasteiger partial charge in [0.1, 0.15) is 0 Å². The molecule has 0 heterocycles. The van der Waals surface area contributed by atoms with Crippen LogP contribution >= 0.6 is 0 Å². The maximum absolute atomic E-state index is 10.3. The van der Waals surface area contributed by atoms with Gasteiger partial charge in [-0.15, -0.1) is 0 Å². The molecular formula is C16H16O10. The first-order chi connectivity index (χ1) is 12.0. The van der Waals surface area contributed by atoms with E-state index in [-0.39, 0.29) is 22.6 Å². The van der Waals surface area contributed by atoms with E-state index in [0.29, 0.717) is 0 Å². The van der Waals surface area contributed by atoms with Gasteiger partial charge >= 0.3 is 11.9 Å². The van der Waals surface area contributed by atoms with Crippen LogP contribution in [0.15, 0.2) is 36.4 Å². The Balaban J connectivity index is 0.000000260. The van der Waals surface area contributed by atoms with Crippen LogP contribution in [-0.2, 0) is 9.59 Å². The van der Waals surface area contributed by atoms with Crippen LogP contribution in [0.3, 0.4) is 0 Å². The lowest BCUT2D eigenvalue weighted by atomic mass is 10.1. The highest BCUT2D eigenvalue weighted by atomic mass is 16.4. The third-order valence-electron chi connectivity index (χ3n) is 3.10. The van der Waals surface area contributed by atoms with Crippen LogP contribution in [-0.4, -0.2) is 52.8 Å². The highest BCUT2D eigenvalue weighted by molar-refractivity contribution is 5.74. The van der Waals surface area contributed by atoms with Crippen molar-refractivity contribution in [2.45, 2.75) is 12.2 Å². The summed E-state index contributed by atoms with van der Waals surface area (Å²) in [6, 6.07) is 6.64. The zero-order chi connectivity index (χ0) is 20.0. The van der Waals surface area contributed by atoms with E-state index in [1.165, 1.54) is 12.1 Å². The van der Waals surface area contributed by atoms with Crippen molar-refractivity contribution in [3.8, 4) is 23.0 Å². The lowest BCUT2D eigenvalue weighted by Crippen LogP contribution is -2.09. The third kappa shape index (κ3) is 5.26. The number of aliphatic hydroxyl groups excluding tert-OH is 2. The second-order valence-electron chi connectivity index (χ2n) is 4.98. The minimum absolute atomic E-state index is 0.0165. The standard InChI is InChI=1S/2C8H8O5/c2*9-5-2-1-4(3-6(5)10)7(11)8(12)13/h2*1-3,7,9-11H,(H,12,13). The Kier molecular flexibility index (Phi) is 6.76. The Hall–Kier alpha value is -3.50. The molecule has 0 radical (unpaired) electrons. The van der Waals surface area contributed by atoms with Gasteiger partial charge in [0.2, 0.25) is 0 Å².